The van der Waals surface area contributed by atoms with Gasteiger partial charge in [0.05, 0.1) is 15.6 Å². The number of pyridine rings is 1. The van der Waals surface area contributed by atoms with Crippen LogP contribution in [0.4, 0.5) is 5.82 Å². The molecule has 1 aliphatic heterocycles. The van der Waals surface area contributed by atoms with Crippen molar-refractivity contribution in [3.8, 4) is 0 Å². The molecule has 0 saturated carbocycles. The summed E-state index contributed by atoms with van der Waals surface area (Å²) in [6.07, 6.45) is 2.72. The van der Waals surface area contributed by atoms with Gasteiger partial charge in [0.15, 0.2) is 9.84 Å². The van der Waals surface area contributed by atoms with E-state index >= 15 is 0 Å². The molecule has 2 heterocycles. The van der Waals surface area contributed by atoms with Crippen LogP contribution < -0.4 is 4.90 Å². The molecule has 1 aromatic carbocycles. The molecule has 1 amide bonds. The van der Waals surface area contributed by atoms with E-state index in [4.69, 9.17) is 23.2 Å². The monoisotopic (exact) mass is 413 g/mol. The molecule has 3 rings (SSSR count). The Morgan fingerprint density at radius 1 is 1.08 bits per heavy atom. The SMILES string of the molecule is CS(=O)(=O)c1cccnc1N1CCN(C(=O)c2cccc(Cl)c2Cl)CC1. The van der Waals surface area contributed by atoms with Crippen LogP contribution in [0.25, 0.3) is 0 Å². The fourth-order valence-electron chi connectivity index (χ4n) is 2.87. The number of rotatable bonds is 3. The molecular weight excluding hydrogens is 397 g/mol. The molecule has 0 aliphatic carbocycles. The number of halogens is 2. The summed E-state index contributed by atoms with van der Waals surface area (Å²) in [6, 6.07) is 8.10. The summed E-state index contributed by atoms with van der Waals surface area (Å²) < 4.78 is 23.9. The summed E-state index contributed by atoms with van der Waals surface area (Å²) in [5.74, 6) is 0.226. The Morgan fingerprint density at radius 3 is 2.42 bits per heavy atom. The summed E-state index contributed by atoms with van der Waals surface area (Å²) in [4.78, 5) is 20.7. The summed E-state index contributed by atoms with van der Waals surface area (Å²) >= 11 is 12.1. The largest absolute Gasteiger partial charge is 0.352 e. The first-order chi connectivity index (χ1) is 12.3. The van der Waals surface area contributed by atoms with Crippen LogP contribution >= 0.6 is 23.2 Å². The van der Waals surface area contributed by atoms with Crippen LogP contribution in [0.5, 0.6) is 0 Å². The van der Waals surface area contributed by atoms with Crippen molar-refractivity contribution in [1.29, 1.82) is 0 Å². The number of nitrogens with zero attached hydrogens (tertiary/aromatic N) is 3. The third-order valence-electron chi connectivity index (χ3n) is 4.20. The van der Waals surface area contributed by atoms with Crippen LogP contribution in [0, 0.1) is 0 Å². The van der Waals surface area contributed by atoms with Gasteiger partial charge in [0.2, 0.25) is 0 Å². The average Bonchev–Trinajstić information content (AvgIpc) is 2.63. The van der Waals surface area contributed by atoms with E-state index < -0.39 is 9.84 Å². The zero-order chi connectivity index (χ0) is 18.9. The van der Waals surface area contributed by atoms with Gasteiger partial charge in [0.1, 0.15) is 10.7 Å². The predicted molar refractivity (Wildman–Crippen MR) is 102 cm³/mol. The van der Waals surface area contributed by atoms with Crippen LogP contribution in [0.2, 0.25) is 10.0 Å². The third-order valence-corrected chi connectivity index (χ3v) is 6.14. The Balaban J connectivity index is 1.76. The molecule has 2 aromatic rings. The van der Waals surface area contributed by atoms with E-state index in [-0.39, 0.29) is 15.8 Å². The molecule has 9 heteroatoms. The minimum absolute atomic E-state index is 0.192. The second-order valence-electron chi connectivity index (χ2n) is 5.98. The predicted octanol–water partition coefficient (Wildman–Crippen LogP) is 2.75. The fraction of sp³-hybridized carbons (Fsp3) is 0.294. The van der Waals surface area contributed by atoms with Crippen molar-refractivity contribution in [3.05, 3.63) is 52.1 Å². The lowest BCUT2D eigenvalue weighted by Crippen LogP contribution is -2.49. The van der Waals surface area contributed by atoms with Gasteiger partial charge in [-0.25, -0.2) is 13.4 Å². The molecule has 0 bridgehead atoms. The fourth-order valence-corrected chi connectivity index (χ4v) is 4.09. The van der Waals surface area contributed by atoms with Crippen LogP contribution in [-0.4, -0.2) is 56.6 Å². The number of benzene rings is 1. The highest BCUT2D eigenvalue weighted by Crippen LogP contribution is 2.28. The van der Waals surface area contributed by atoms with Gasteiger partial charge in [-0.15, -0.1) is 0 Å². The number of hydrogen-bond donors (Lipinski definition) is 0. The van der Waals surface area contributed by atoms with Crippen LogP contribution in [-0.2, 0) is 9.84 Å². The first-order valence-electron chi connectivity index (χ1n) is 7.92. The maximum absolute atomic E-state index is 12.7. The number of aromatic nitrogens is 1. The van der Waals surface area contributed by atoms with Crippen molar-refractivity contribution < 1.29 is 13.2 Å². The van der Waals surface area contributed by atoms with Crippen molar-refractivity contribution in [1.82, 2.24) is 9.88 Å². The van der Waals surface area contributed by atoms with Crippen molar-refractivity contribution in [2.24, 2.45) is 0 Å². The number of sulfone groups is 1. The number of piperazine rings is 1. The second kappa shape index (κ2) is 7.42. The molecule has 26 heavy (non-hydrogen) atoms. The third kappa shape index (κ3) is 3.79. The zero-order valence-electron chi connectivity index (χ0n) is 14.0. The molecule has 138 valence electrons. The zero-order valence-corrected chi connectivity index (χ0v) is 16.4. The summed E-state index contributed by atoms with van der Waals surface area (Å²) in [5.41, 5.74) is 0.363. The maximum Gasteiger partial charge on any atom is 0.255 e. The van der Waals surface area contributed by atoms with Gasteiger partial charge >= 0.3 is 0 Å². The molecule has 0 spiro atoms. The van der Waals surface area contributed by atoms with Crippen molar-refractivity contribution >= 4 is 44.8 Å². The van der Waals surface area contributed by atoms with E-state index in [0.717, 1.165) is 6.26 Å². The summed E-state index contributed by atoms with van der Waals surface area (Å²) in [7, 11) is -3.38. The van der Waals surface area contributed by atoms with E-state index in [1.165, 1.54) is 0 Å². The normalized spacial score (nSPS) is 15.2. The number of anilines is 1. The molecule has 1 fully saturated rings. The summed E-state index contributed by atoms with van der Waals surface area (Å²) in [5, 5.41) is 0.577. The van der Waals surface area contributed by atoms with Crippen molar-refractivity contribution in [2.75, 3.05) is 37.3 Å². The van der Waals surface area contributed by atoms with Crippen LogP contribution in [0.1, 0.15) is 10.4 Å². The van der Waals surface area contributed by atoms with Crippen molar-refractivity contribution in [2.45, 2.75) is 4.90 Å². The van der Waals surface area contributed by atoms with Gasteiger partial charge in [-0.3, -0.25) is 4.79 Å². The molecule has 6 nitrogen and oxygen atoms in total. The highest BCUT2D eigenvalue weighted by Gasteiger charge is 2.27. The number of carbonyl (C=O) groups is 1. The Bertz CT molecular complexity index is 942. The summed E-state index contributed by atoms with van der Waals surface area (Å²) in [6.45, 7) is 1.82. The van der Waals surface area contributed by atoms with Gasteiger partial charge < -0.3 is 9.80 Å². The van der Waals surface area contributed by atoms with Gasteiger partial charge in [-0.05, 0) is 24.3 Å². The molecular formula is C17H17Cl2N3O3S. The first kappa shape index (κ1) is 18.9. The minimum Gasteiger partial charge on any atom is -0.352 e. The number of hydrogen-bond acceptors (Lipinski definition) is 5. The van der Waals surface area contributed by atoms with E-state index in [2.05, 4.69) is 4.98 Å². The smallest absolute Gasteiger partial charge is 0.255 e. The van der Waals surface area contributed by atoms with E-state index in [0.29, 0.717) is 42.6 Å². The Kier molecular flexibility index (Phi) is 5.41. The van der Waals surface area contributed by atoms with Gasteiger partial charge in [0, 0.05) is 38.6 Å². The quantitative estimate of drug-likeness (QED) is 0.773. The molecule has 1 aromatic heterocycles. The highest BCUT2D eigenvalue weighted by molar-refractivity contribution is 7.90. The Morgan fingerprint density at radius 2 is 1.77 bits per heavy atom. The molecule has 0 radical (unpaired) electrons. The van der Waals surface area contributed by atoms with Gasteiger partial charge in [-0.2, -0.15) is 0 Å². The van der Waals surface area contributed by atoms with E-state index in [1.807, 2.05) is 4.90 Å². The van der Waals surface area contributed by atoms with E-state index in [1.54, 1.807) is 41.4 Å². The van der Waals surface area contributed by atoms with Crippen LogP contribution in [0.15, 0.2) is 41.4 Å². The maximum atomic E-state index is 12.7. The van der Waals surface area contributed by atoms with E-state index in [9.17, 15) is 13.2 Å². The lowest BCUT2D eigenvalue weighted by molar-refractivity contribution is 0.0746. The molecule has 0 atom stereocenters. The Labute approximate surface area is 162 Å². The average molecular weight is 414 g/mol. The molecule has 0 unspecified atom stereocenters. The topological polar surface area (TPSA) is 70.6 Å². The first-order valence-corrected chi connectivity index (χ1v) is 10.6. The lowest BCUT2D eigenvalue weighted by atomic mass is 10.1. The highest BCUT2D eigenvalue weighted by atomic mass is 35.5. The van der Waals surface area contributed by atoms with Crippen molar-refractivity contribution in [3.63, 3.8) is 0 Å². The molecule has 0 N–H and O–H groups in total. The number of carbonyl (C=O) groups excluding carboxylic acids is 1. The second-order valence-corrected chi connectivity index (χ2v) is 8.75. The standard InChI is InChI=1S/C17H17Cl2N3O3S/c1-26(24,25)14-6-3-7-20-16(14)21-8-10-22(11-9-21)17(23)12-4-2-5-13(18)15(12)19/h2-7H,8-11H2,1H3. The van der Waals surface area contributed by atoms with Crippen LogP contribution in [0.3, 0.4) is 0 Å². The minimum atomic E-state index is -3.38. The Hall–Kier alpha value is -1.83. The van der Waals surface area contributed by atoms with Gasteiger partial charge in [0.25, 0.3) is 5.91 Å². The molecule has 1 aliphatic rings. The number of amides is 1. The lowest BCUT2D eigenvalue weighted by Gasteiger charge is -2.36. The molecule has 1 saturated heterocycles. The van der Waals surface area contributed by atoms with Gasteiger partial charge in [-0.1, -0.05) is 29.3 Å².